The summed E-state index contributed by atoms with van der Waals surface area (Å²) in [6, 6.07) is 0.398. The molecule has 0 aliphatic carbocycles. The number of hydrogen-bond donors (Lipinski definition) is 0. The van der Waals surface area contributed by atoms with Gasteiger partial charge in [0.2, 0.25) is 0 Å². The summed E-state index contributed by atoms with van der Waals surface area (Å²) in [6.07, 6.45) is 0. The lowest BCUT2D eigenvalue weighted by Crippen LogP contribution is -1.82. The van der Waals surface area contributed by atoms with Gasteiger partial charge in [-0.3, -0.25) is 4.99 Å². The summed E-state index contributed by atoms with van der Waals surface area (Å²) in [5, 5.41) is 0. The van der Waals surface area contributed by atoms with Crippen molar-refractivity contribution in [2.75, 3.05) is 0 Å². The van der Waals surface area contributed by atoms with Crippen molar-refractivity contribution in [3.8, 4) is 0 Å². The van der Waals surface area contributed by atoms with Gasteiger partial charge in [0.05, 0.1) is 0 Å². The molecule has 0 aromatic rings. The highest BCUT2D eigenvalue weighted by Gasteiger charge is 1.74. The highest BCUT2D eigenvalue weighted by atomic mass is 14.7. The van der Waals surface area contributed by atoms with Crippen LogP contribution >= 0.6 is 0 Å². The van der Waals surface area contributed by atoms with Crippen LogP contribution in [0.25, 0.3) is 0 Å². The van der Waals surface area contributed by atoms with E-state index in [1.54, 1.807) is 0 Å². The normalized spacial score (nSPS) is 7.17. The molecule has 0 atom stereocenters. The molecule has 0 spiro atoms. The van der Waals surface area contributed by atoms with Crippen LogP contribution in [-0.2, 0) is 0 Å². The Hall–Kier alpha value is -0.330. The summed E-state index contributed by atoms with van der Waals surface area (Å²) >= 11 is 0. The monoisotopic (exact) mass is 87.1 g/mol. The minimum absolute atomic E-state index is 0. The number of aliphatic imine (C=N–C) groups is 1. The average molecular weight is 87.2 g/mol. The molecule has 0 rings (SSSR count). The van der Waals surface area contributed by atoms with E-state index >= 15 is 0 Å². The molecule has 0 radical (unpaired) electrons. The van der Waals surface area contributed by atoms with Crippen molar-refractivity contribution in [2.45, 2.75) is 27.3 Å². The third kappa shape index (κ3) is 9.38. The molecular formula is C5H13N. The van der Waals surface area contributed by atoms with E-state index in [-0.39, 0.29) is 7.43 Å². The second kappa shape index (κ2) is 4.67. The van der Waals surface area contributed by atoms with Crippen LogP contribution in [0.2, 0.25) is 0 Å². The predicted molar refractivity (Wildman–Crippen MR) is 31.4 cm³/mol. The van der Waals surface area contributed by atoms with Crippen LogP contribution in [0.3, 0.4) is 0 Å². The van der Waals surface area contributed by atoms with Crippen molar-refractivity contribution in [3.63, 3.8) is 0 Å². The van der Waals surface area contributed by atoms with E-state index in [0.29, 0.717) is 6.04 Å². The Bertz CT molecular complexity index is 30.9. The number of hydrogen-bond acceptors (Lipinski definition) is 1. The van der Waals surface area contributed by atoms with E-state index < -0.39 is 0 Å². The van der Waals surface area contributed by atoms with Gasteiger partial charge >= 0.3 is 0 Å². The van der Waals surface area contributed by atoms with Crippen molar-refractivity contribution in [2.24, 2.45) is 4.99 Å². The first-order chi connectivity index (χ1) is 2.27. The van der Waals surface area contributed by atoms with Crippen LogP contribution in [0.5, 0.6) is 0 Å². The molecular weight excluding hydrogens is 74.1 g/mol. The highest BCUT2D eigenvalue weighted by Crippen LogP contribution is 1.77. The van der Waals surface area contributed by atoms with Crippen LogP contribution < -0.4 is 0 Å². The van der Waals surface area contributed by atoms with E-state index in [9.17, 15) is 0 Å². The standard InChI is InChI=1S/C4H9N.CH4/c1-4(2)5-3;/h4H,3H2,1-2H3;1H4. The molecule has 0 aliphatic heterocycles. The lowest BCUT2D eigenvalue weighted by molar-refractivity contribution is 0.844. The van der Waals surface area contributed by atoms with E-state index in [2.05, 4.69) is 11.7 Å². The van der Waals surface area contributed by atoms with Gasteiger partial charge < -0.3 is 0 Å². The van der Waals surface area contributed by atoms with Crippen LogP contribution in [0.4, 0.5) is 0 Å². The Labute approximate surface area is 40.1 Å². The van der Waals surface area contributed by atoms with Gasteiger partial charge in [0.25, 0.3) is 0 Å². The smallest absolute Gasteiger partial charge is 0.0436 e. The summed E-state index contributed by atoms with van der Waals surface area (Å²) in [6.45, 7) is 7.30. The quantitative estimate of drug-likeness (QED) is 0.432. The molecule has 0 amide bonds. The van der Waals surface area contributed by atoms with Crippen molar-refractivity contribution < 1.29 is 0 Å². The molecule has 1 nitrogen and oxygen atoms in total. The first-order valence-electron chi connectivity index (χ1n) is 1.73. The molecule has 38 valence electrons. The van der Waals surface area contributed by atoms with Gasteiger partial charge in [-0.2, -0.15) is 0 Å². The second-order valence-corrected chi connectivity index (χ2v) is 1.28. The molecule has 0 fully saturated rings. The Morgan fingerprint density at radius 3 is 1.67 bits per heavy atom. The maximum atomic E-state index is 3.64. The molecule has 0 bridgehead atoms. The number of rotatable bonds is 1. The summed E-state index contributed by atoms with van der Waals surface area (Å²) in [7, 11) is 0. The van der Waals surface area contributed by atoms with Gasteiger partial charge in [0.15, 0.2) is 0 Å². The molecule has 6 heavy (non-hydrogen) atoms. The van der Waals surface area contributed by atoms with Crippen molar-refractivity contribution in [3.05, 3.63) is 0 Å². The summed E-state index contributed by atoms with van der Waals surface area (Å²) in [4.78, 5) is 3.64. The van der Waals surface area contributed by atoms with E-state index in [0.717, 1.165) is 0 Å². The molecule has 0 N–H and O–H groups in total. The summed E-state index contributed by atoms with van der Waals surface area (Å²) in [5.41, 5.74) is 0. The van der Waals surface area contributed by atoms with Gasteiger partial charge in [-0.1, -0.05) is 7.43 Å². The van der Waals surface area contributed by atoms with E-state index in [1.165, 1.54) is 0 Å². The van der Waals surface area contributed by atoms with Crippen molar-refractivity contribution in [1.82, 2.24) is 0 Å². The minimum atomic E-state index is 0. The first-order valence-corrected chi connectivity index (χ1v) is 1.73. The Morgan fingerprint density at radius 2 is 1.67 bits per heavy atom. The SMILES string of the molecule is C.C=NC(C)C. The zero-order valence-corrected chi connectivity index (χ0v) is 3.73. The molecule has 0 heterocycles. The maximum Gasteiger partial charge on any atom is 0.0436 e. The van der Waals surface area contributed by atoms with Gasteiger partial charge in [-0.15, -0.1) is 0 Å². The second-order valence-electron chi connectivity index (χ2n) is 1.28. The zero-order chi connectivity index (χ0) is 4.28. The van der Waals surface area contributed by atoms with Crippen molar-refractivity contribution >= 4 is 6.72 Å². The number of nitrogens with zero attached hydrogens (tertiary/aromatic N) is 1. The Kier molecular flexibility index (Phi) is 7.15. The van der Waals surface area contributed by atoms with Crippen LogP contribution in [-0.4, -0.2) is 12.8 Å². The topological polar surface area (TPSA) is 12.4 Å². The fraction of sp³-hybridized carbons (Fsp3) is 0.800. The lowest BCUT2D eigenvalue weighted by atomic mass is 10.4. The molecule has 0 saturated heterocycles. The van der Waals surface area contributed by atoms with Gasteiger partial charge in [0, 0.05) is 6.04 Å². The van der Waals surface area contributed by atoms with Crippen molar-refractivity contribution in [1.29, 1.82) is 0 Å². The molecule has 0 aliphatic rings. The first kappa shape index (κ1) is 9.18. The van der Waals surface area contributed by atoms with Crippen LogP contribution in [0, 0.1) is 0 Å². The molecule has 1 heteroatoms. The van der Waals surface area contributed by atoms with E-state index in [4.69, 9.17) is 0 Å². The largest absolute Gasteiger partial charge is 0.298 e. The zero-order valence-electron chi connectivity index (χ0n) is 3.73. The van der Waals surface area contributed by atoms with Crippen LogP contribution in [0.15, 0.2) is 4.99 Å². The molecule has 0 aromatic heterocycles. The highest BCUT2D eigenvalue weighted by molar-refractivity contribution is 5.23. The summed E-state index contributed by atoms with van der Waals surface area (Å²) < 4.78 is 0. The van der Waals surface area contributed by atoms with Crippen LogP contribution in [0.1, 0.15) is 21.3 Å². The molecule has 0 unspecified atom stereocenters. The Balaban J connectivity index is 0. The fourth-order valence-corrected chi connectivity index (χ4v) is 0. The fourth-order valence-electron chi connectivity index (χ4n) is 0. The maximum absolute atomic E-state index is 3.64. The lowest BCUT2D eigenvalue weighted by Gasteiger charge is -1.85. The average Bonchev–Trinajstić information content (AvgIpc) is 1.38. The van der Waals surface area contributed by atoms with Gasteiger partial charge in [-0.05, 0) is 20.6 Å². The van der Waals surface area contributed by atoms with Gasteiger partial charge in [0.1, 0.15) is 0 Å². The molecule has 0 aromatic carbocycles. The third-order valence-corrected chi connectivity index (χ3v) is 0.365. The summed E-state index contributed by atoms with van der Waals surface area (Å²) in [5.74, 6) is 0. The Morgan fingerprint density at radius 1 is 1.50 bits per heavy atom. The van der Waals surface area contributed by atoms with E-state index in [1.807, 2.05) is 13.8 Å². The third-order valence-electron chi connectivity index (χ3n) is 0.365. The van der Waals surface area contributed by atoms with Gasteiger partial charge in [-0.25, -0.2) is 0 Å². The predicted octanol–water partition coefficient (Wildman–Crippen LogP) is 1.73. The molecule has 0 saturated carbocycles. The minimum Gasteiger partial charge on any atom is -0.298 e.